The third kappa shape index (κ3) is 3.09. The molecule has 2 rings (SSSR count). The van der Waals surface area contributed by atoms with Crippen molar-refractivity contribution in [3.05, 3.63) is 47.2 Å². The first-order valence-corrected chi connectivity index (χ1v) is 5.14. The molecule has 0 aliphatic carbocycles. The van der Waals surface area contributed by atoms with Crippen molar-refractivity contribution in [2.45, 2.75) is 13.1 Å². The molecule has 0 saturated carbocycles. The van der Waals surface area contributed by atoms with Gasteiger partial charge in [0.15, 0.2) is 17.1 Å². The lowest BCUT2D eigenvalue weighted by Gasteiger charge is -2.07. The molecule has 0 saturated heterocycles. The topological polar surface area (TPSA) is 62.0 Å². The molecule has 0 aliphatic heterocycles. The number of hydrogen-bond donors (Lipinski definition) is 0. The number of hydrogen-bond acceptors (Lipinski definition) is 4. The smallest absolute Gasteiger partial charge is 0.433 e. The minimum absolute atomic E-state index is 0.0555. The number of pyridine rings is 1. The first-order valence-electron chi connectivity index (χ1n) is 5.14. The molecule has 2 heterocycles. The van der Waals surface area contributed by atoms with E-state index in [-0.39, 0.29) is 5.75 Å². The molecule has 0 fully saturated rings. The maximum atomic E-state index is 12.4. The zero-order valence-electron chi connectivity index (χ0n) is 9.68. The van der Waals surface area contributed by atoms with E-state index >= 15 is 0 Å². The summed E-state index contributed by atoms with van der Waals surface area (Å²) < 4.78 is 42.8. The Balaban J connectivity index is 2.26. The number of rotatable bonds is 2. The lowest BCUT2D eigenvalue weighted by atomic mass is 10.4. The monoisotopic (exact) mass is 271 g/mol. The van der Waals surface area contributed by atoms with E-state index in [9.17, 15) is 18.4 Å². The molecule has 0 spiro atoms. The van der Waals surface area contributed by atoms with E-state index in [1.54, 1.807) is 6.92 Å². The van der Waals surface area contributed by atoms with Crippen LogP contribution < -0.4 is 9.47 Å². The summed E-state index contributed by atoms with van der Waals surface area (Å²) in [5, 5.41) is 11.3. The highest BCUT2D eigenvalue weighted by molar-refractivity contribution is 5.20. The van der Waals surface area contributed by atoms with Crippen LogP contribution in [0.5, 0.6) is 11.8 Å². The Labute approximate surface area is 105 Å². The molecule has 0 bridgehead atoms. The zero-order chi connectivity index (χ0) is 14.0. The third-order valence-corrected chi connectivity index (χ3v) is 2.21. The lowest BCUT2D eigenvalue weighted by molar-refractivity contribution is -0.612. The Morgan fingerprint density at radius 3 is 2.63 bits per heavy atom. The first-order chi connectivity index (χ1) is 8.86. The van der Waals surface area contributed by atoms with Crippen LogP contribution in [0, 0.1) is 12.1 Å². The van der Waals surface area contributed by atoms with Gasteiger partial charge in [-0.1, -0.05) is 0 Å². The largest absolute Gasteiger partial charge is 0.618 e. The molecular formula is C11H8F3N3O2. The number of aromatic nitrogens is 3. The van der Waals surface area contributed by atoms with Gasteiger partial charge in [0.25, 0.3) is 0 Å². The molecule has 19 heavy (non-hydrogen) atoms. The minimum atomic E-state index is -4.58. The highest BCUT2D eigenvalue weighted by atomic mass is 19.4. The second kappa shape index (κ2) is 4.71. The maximum Gasteiger partial charge on any atom is 0.433 e. The van der Waals surface area contributed by atoms with Gasteiger partial charge in [0.1, 0.15) is 0 Å². The average molecular weight is 271 g/mol. The van der Waals surface area contributed by atoms with Gasteiger partial charge in [-0.05, 0) is 12.1 Å². The summed E-state index contributed by atoms with van der Waals surface area (Å²) >= 11 is 0. The van der Waals surface area contributed by atoms with E-state index in [2.05, 4.69) is 9.97 Å². The van der Waals surface area contributed by atoms with Crippen LogP contribution in [0.1, 0.15) is 11.4 Å². The van der Waals surface area contributed by atoms with Crippen LogP contribution in [-0.2, 0) is 6.18 Å². The Bertz CT molecular complexity index is 602. The molecule has 0 unspecified atom stereocenters. The molecule has 0 aromatic carbocycles. The molecule has 2 aromatic heterocycles. The molecule has 0 atom stereocenters. The van der Waals surface area contributed by atoms with Gasteiger partial charge in [-0.15, -0.1) is 0 Å². The highest BCUT2D eigenvalue weighted by Gasteiger charge is 2.33. The Morgan fingerprint density at radius 1 is 1.26 bits per heavy atom. The molecule has 0 amide bonds. The van der Waals surface area contributed by atoms with Gasteiger partial charge in [0.05, 0.1) is 0 Å². The number of nitrogens with zero attached hydrogens (tertiary/aromatic N) is 3. The van der Waals surface area contributed by atoms with E-state index in [0.29, 0.717) is 10.4 Å². The predicted molar refractivity (Wildman–Crippen MR) is 57.2 cm³/mol. The second-order valence-electron chi connectivity index (χ2n) is 3.66. The van der Waals surface area contributed by atoms with Crippen molar-refractivity contribution in [2.75, 3.05) is 0 Å². The maximum absolute atomic E-state index is 12.4. The first kappa shape index (κ1) is 13.1. The van der Waals surface area contributed by atoms with Crippen LogP contribution in [0.3, 0.4) is 0 Å². The zero-order valence-corrected chi connectivity index (χ0v) is 9.68. The molecule has 0 N–H and O–H groups in total. The summed E-state index contributed by atoms with van der Waals surface area (Å²) in [7, 11) is 0. The Hall–Kier alpha value is -2.38. The van der Waals surface area contributed by atoms with Crippen LogP contribution in [0.2, 0.25) is 0 Å². The van der Waals surface area contributed by atoms with Crippen molar-refractivity contribution >= 4 is 0 Å². The number of alkyl halides is 3. The lowest BCUT2D eigenvalue weighted by Crippen LogP contribution is -2.29. The summed E-state index contributed by atoms with van der Waals surface area (Å²) in [5.74, 6) is 0.0555. The van der Waals surface area contributed by atoms with E-state index in [1.165, 1.54) is 12.1 Å². The molecule has 0 radical (unpaired) electrons. The van der Waals surface area contributed by atoms with Crippen molar-refractivity contribution in [3.63, 3.8) is 0 Å². The SMILES string of the molecule is Cc1ccc(Oc2nccc(C(F)(F)F)n2)c[n+]1[O-]. The summed E-state index contributed by atoms with van der Waals surface area (Å²) in [6.07, 6.45) is -2.56. The van der Waals surface area contributed by atoms with Crippen molar-refractivity contribution in [2.24, 2.45) is 0 Å². The van der Waals surface area contributed by atoms with Gasteiger partial charge in [0, 0.05) is 19.2 Å². The van der Waals surface area contributed by atoms with Crippen molar-refractivity contribution in [1.82, 2.24) is 9.97 Å². The number of ether oxygens (including phenoxy) is 1. The van der Waals surface area contributed by atoms with Crippen molar-refractivity contribution < 1.29 is 22.6 Å². The summed E-state index contributed by atoms with van der Waals surface area (Å²) in [6, 6.07) is 3.16. The molecule has 0 aliphatic rings. The van der Waals surface area contributed by atoms with Crippen LogP contribution >= 0.6 is 0 Å². The summed E-state index contributed by atoms with van der Waals surface area (Å²) in [4.78, 5) is 6.78. The van der Waals surface area contributed by atoms with Crippen molar-refractivity contribution in [1.29, 1.82) is 0 Å². The third-order valence-electron chi connectivity index (χ3n) is 2.21. The van der Waals surface area contributed by atoms with Crippen LogP contribution in [0.4, 0.5) is 13.2 Å². The van der Waals surface area contributed by atoms with Gasteiger partial charge in [-0.3, -0.25) is 0 Å². The summed E-state index contributed by atoms with van der Waals surface area (Å²) in [6.45, 7) is 1.58. The predicted octanol–water partition coefficient (Wildman–Crippen LogP) is 2.23. The van der Waals surface area contributed by atoms with E-state index in [1.807, 2.05) is 0 Å². The molecule has 5 nitrogen and oxygen atoms in total. The normalized spacial score (nSPS) is 11.4. The van der Waals surface area contributed by atoms with Gasteiger partial charge in [0.2, 0.25) is 6.20 Å². The molecule has 8 heteroatoms. The van der Waals surface area contributed by atoms with E-state index in [0.717, 1.165) is 18.5 Å². The Kier molecular flexibility index (Phi) is 3.24. The average Bonchev–Trinajstić information content (AvgIpc) is 2.33. The fraction of sp³-hybridized carbons (Fsp3) is 0.182. The standard InChI is InChI=1S/C11H8F3N3O2/c1-7-2-3-8(6-17(7)18)19-10-15-5-4-9(16-10)11(12,13)14/h2-6H,1H3. The number of halogens is 3. The van der Waals surface area contributed by atoms with Crippen molar-refractivity contribution in [3.8, 4) is 11.8 Å². The number of aryl methyl sites for hydroxylation is 1. The van der Waals surface area contributed by atoms with Gasteiger partial charge in [-0.25, -0.2) is 4.98 Å². The second-order valence-corrected chi connectivity index (χ2v) is 3.66. The van der Waals surface area contributed by atoms with E-state index in [4.69, 9.17) is 4.74 Å². The molecular weight excluding hydrogens is 263 g/mol. The fourth-order valence-corrected chi connectivity index (χ4v) is 1.25. The van der Waals surface area contributed by atoms with Gasteiger partial charge < -0.3 is 9.94 Å². The quantitative estimate of drug-likeness (QED) is 0.620. The van der Waals surface area contributed by atoms with Crippen LogP contribution in [0.25, 0.3) is 0 Å². The molecule has 100 valence electrons. The van der Waals surface area contributed by atoms with Crippen LogP contribution in [0.15, 0.2) is 30.6 Å². The Morgan fingerprint density at radius 2 is 2.00 bits per heavy atom. The summed E-state index contributed by atoms with van der Waals surface area (Å²) in [5.41, 5.74) is -0.683. The van der Waals surface area contributed by atoms with E-state index < -0.39 is 17.9 Å². The van der Waals surface area contributed by atoms with Crippen LogP contribution in [-0.4, -0.2) is 9.97 Å². The van der Waals surface area contributed by atoms with Gasteiger partial charge >= 0.3 is 12.2 Å². The highest BCUT2D eigenvalue weighted by Crippen LogP contribution is 2.28. The fourth-order valence-electron chi connectivity index (χ4n) is 1.25. The molecule has 2 aromatic rings. The minimum Gasteiger partial charge on any atom is -0.618 e. The van der Waals surface area contributed by atoms with Gasteiger partial charge in [-0.2, -0.15) is 22.9 Å².